The van der Waals surface area contributed by atoms with Crippen LogP contribution in [0.25, 0.3) is 82.8 Å². The molecule has 0 N–H and O–H groups in total. The summed E-state index contributed by atoms with van der Waals surface area (Å²) in [5, 5.41) is 7.92. The molecule has 0 radical (unpaired) electrons. The lowest BCUT2D eigenvalue weighted by atomic mass is 9.99. The van der Waals surface area contributed by atoms with Crippen molar-refractivity contribution in [2.24, 2.45) is 0 Å². The Labute approximate surface area is 312 Å². The smallest absolute Gasteiger partial charge is 0.0554 e. The summed E-state index contributed by atoms with van der Waals surface area (Å²) in [4.78, 5) is 2.44. The molecule has 0 fully saturated rings. The van der Waals surface area contributed by atoms with Crippen LogP contribution in [0, 0.1) is 0 Å². The fraction of sp³-hybridized carbons (Fsp3) is 0. The Morgan fingerprint density at radius 3 is 1.48 bits per heavy atom. The van der Waals surface area contributed by atoms with Crippen LogP contribution in [0.5, 0.6) is 0 Å². The summed E-state index contributed by atoms with van der Waals surface area (Å²) in [6, 6.07) is 64.9. The first-order chi connectivity index (χ1) is 25.8. The van der Waals surface area contributed by atoms with E-state index in [2.05, 4.69) is 181 Å². The molecule has 0 saturated heterocycles. The van der Waals surface area contributed by atoms with Crippen LogP contribution < -0.4 is 4.90 Å². The largest absolute Gasteiger partial charge is 0.310 e. The summed E-state index contributed by atoms with van der Waals surface area (Å²) in [6.07, 6.45) is 0. The molecule has 244 valence electrons. The lowest BCUT2D eigenvalue weighted by Crippen LogP contribution is -2.10. The molecule has 52 heavy (non-hydrogen) atoms. The minimum atomic E-state index is 1.13. The summed E-state index contributed by atoms with van der Waals surface area (Å²) < 4.78 is 7.92. The predicted octanol–water partition coefficient (Wildman–Crippen LogP) is 15.6. The molecule has 8 aromatic carbocycles. The van der Waals surface area contributed by atoms with Crippen molar-refractivity contribution in [3.8, 4) is 22.3 Å². The summed E-state index contributed by atoms with van der Waals surface area (Å²) in [7, 11) is 0. The number of hydrogen-bond donors (Lipinski definition) is 0. The quantitative estimate of drug-likeness (QED) is 0.171. The molecule has 0 atom stereocenters. The maximum Gasteiger partial charge on any atom is 0.0554 e. The molecule has 0 aliphatic heterocycles. The standard InChI is InChI=1S/C48H29NS3/c1-4-14-41-36(9-1)37-28-23-32(29-46(37)52-41)30-19-24-33(25-20-30)49(40-13-8-18-45-48(40)39-11-3-6-16-43(39)51-45)34-26-21-31(22-27-34)35-12-7-17-44-47(35)38-10-2-5-15-42(38)50-44/h1-29H. The van der Waals surface area contributed by atoms with E-state index in [1.54, 1.807) is 0 Å². The van der Waals surface area contributed by atoms with E-state index in [-0.39, 0.29) is 0 Å². The normalized spacial score (nSPS) is 11.8. The van der Waals surface area contributed by atoms with E-state index in [1.165, 1.54) is 88.5 Å². The summed E-state index contributed by atoms with van der Waals surface area (Å²) >= 11 is 5.60. The number of rotatable bonds is 5. The van der Waals surface area contributed by atoms with Crippen molar-refractivity contribution in [3.05, 3.63) is 176 Å². The van der Waals surface area contributed by atoms with Gasteiger partial charge >= 0.3 is 0 Å². The van der Waals surface area contributed by atoms with E-state index >= 15 is 0 Å². The van der Waals surface area contributed by atoms with Gasteiger partial charge in [-0.1, -0.05) is 109 Å². The molecule has 0 aliphatic carbocycles. The Morgan fingerprint density at radius 2 is 0.788 bits per heavy atom. The van der Waals surface area contributed by atoms with Gasteiger partial charge in [0.2, 0.25) is 0 Å². The molecule has 1 nitrogen and oxygen atoms in total. The van der Waals surface area contributed by atoms with E-state index in [4.69, 9.17) is 0 Å². The third-order valence-electron chi connectivity index (χ3n) is 10.3. The monoisotopic (exact) mass is 715 g/mol. The molecule has 0 unspecified atom stereocenters. The van der Waals surface area contributed by atoms with Gasteiger partial charge in [-0.25, -0.2) is 0 Å². The Hall–Kier alpha value is -5.78. The van der Waals surface area contributed by atoms with Crippen molar-refractivity contribution in [1.29, 1.82) is 0 Å². The van der Waals surface area contributed by atoms with Crippen molar-refractivity contribution in [1.82, 2.24) is 0 Å². The highest BCUT2D eigenvalue weighted by Crippen LogP contribution is 2.46. The van der Waals surface area contributed by atoms with E-state index in [9.17, 15) is 0 Å². The first-order valence-electron chi connectivity index (χ1n) is 17.5. The second kappa shape index (κ2) is 11.9. The average molecular weight is 716 g/mol. The highest BCUT2D eigenvalue weighted by Gasteiger charge is 2.19. The molecule has 3 aromatic heterocycles. The molecule has 0 aliphatic rings. The van der Waals surface area contributed by atoms with Crippen molar-refractivity contribution in [2.75, 3.05) is 4.90 Å². The Kier molecular flexibility index (Phi) is 6.84. The van der Waals surface area contributed by atoms with Crippen LogP contribution in [0.2, 0.25) is 0 Å². The Morgan fingerprint density at radius 1 is 0.308 bits per heavy atom. The number of thiophene rings is 3. The van der Waals surface area contributed by atoms with E-state index in [0.29, 0.717) is 0 Å². The molecule has 11 rings (SSSR count). The van der Waals surface area contributed by atoms with Crippen molar-refractivity contribution < 1.29 is 0 Å². The molecule has 0 amide bonds. The number of anilines is 3. The summed E-state index contributed by atoms with van der Waals surface area (Å²) in [6.45, 7) is 0. The third kappa shape index (κ3) is 4.72. The topological polar surface area (TPSA) is 3.24 Å². The fourth-order valence-electron chi connectivity index (χ4n) is 7.88. The number of benzene rings is 8. The minimum absolute atomic E-state index is 1.13. The van der Waals surface area contributed by atoms with Gasteiger partial charge in [0, 0.05) is 71.9 Å². The molecular formula is C48H29NS3. The maximum absolute atomic E-state index is 2.44. The zero-order chi connectivity index (χ0) is 34.2. The molecular weight excluding hydrogens is 687 g/mol. The van der Waals surface area contributed by atoms with Crippen LogP contribution >= 0.6 is 34.0 Å². The van der Waals surface area contributed by atoms with Gasteiger partial charge in [0.05, 0.1) is 5.69 Å². The van der Waals surface area contributed by atoms with Gasteiger partial charge in [0.25, 0.3) is 0 Å². The van der Waals surface area contributed by atoms with Crippen LogP contribution in [-0.2, 0) is 0 Å². The number of fused-ring (bicyclic) bond motifs is 9. The average Bonchev–Trinajstić information content (AvgIpc) is 3.90. The highest BCUT2D eigenvalue weighted by atomic mass is 32.1. The van der Waals surface area contributed by atoms with Gasteiger partial charge in [-0.3, -0.25) is 0 Å². The molecule has 4 heteroatoms. The lowest BCUT2D eigenvalue weighted by Gasteiger charge is -2.27. The van der Waals surface area contributed by atoms with Gasteiger partial charge in [-0.2, -0.15) is 0 Å². The van der Waals surface area contributed by atoms with Gasteiger partial charge < -0.3 is 4.90 Å². The van der Waals surface area contributed by atoms with Gasteiger partial charge in [-0.05, 0) is 89.0 Å². The van der Waals surface area contributed by atoms with Gasteiger partial charge in [-0.15, -0.1) is 34.0 Å². The van der Waals surface area contributed by atoms with Crippen molar-refractivity contribution >= 4 is 112 Å². The lowest BCUT2D eigenvalue weighted by molar-refractivity contribution is 1.30. The molecule has 0 bridgehead atoms. The third-order valence-corrected chi connectivity index (χ3v) is 13.7. The first kappa shape index (κ1) is 29.9. The van der Waals surface area contributed by atoms with Crippen molar-refractivity contribution in [3.63, 3.8) is 0 Å². The van der Waals surface area contributed by atoms with E-state index in [1.807, 2.05) is 34.0 Å². The zero-order valence-electron chi connectivity index (χ0n) is 27.9. The molecule has 0 saturated carbocycles. The second-order valence-corrected chi connectivity index (χ2v) is 16.5. The van der Waals surface area contributed by atoms with Gasteiger partial charge in [0.1, 0.15) is 0 Å². The summed E-state index contributed by atoms with van der Waals surface area (Å²) in [5.41, 5.74) is 8.41. The molecule has 0 spiro atoms. The van der Waals surface area contributed by atoms with Crippen LogP contribution in [0.3, 0.4) is 0 Å². The van der Waals surface area contributed by atoms with Crippen molar-refractivity contribution in [2.45, 2.75) is 0 Å². The second-order valence-electron chi connectivity index (χ2n) is 13.3. The van der Waals surface area contributed by atoms with Crippen LogP contribution in [0.4, 0.5) is 17.1 Å². The van der Waals surface area contributed by atoms with E-state index < -0.39 is 0 Å². The van der Waals surface area contributed by atoms with Gasteiger partial charge in [0.15, 0.2) is 0 Å². The first-order valence-corrected chi connectivity index (χ1v) is 19.9. The Bertz CT molecular complexity index is 3130. The van der Waals surface area contributed by atoms with Crippen LogP contribution in [0.15, 0.2) is 176 Å². The number of nitrogens with zero attached hydrogens (tertiary/aromatic N) is 1. The molecule has 3 heterocycles. The van der Waals surface area contributed by atoms with Crippen LogP contribution in [-0.4, -0.2) is 0 Å². The fourth-order valence-corrected chi connectivity index (χ4v) is 11.3. The molecule has 11 aromatic rings. The van der Waals surface area contributed by atoms with Crippen LogP contribution in [0.1, 0.15) is 0 Å². The summed E-state index contributed by atoms with van der Waals surface area (Å²) in [5.74, 6) is 0. The predicted molar refractivity (Wildman–Crippen MR) is 231 cm³/mol. The maximum atomic E-state index is 2.44. The van der Waals surface area contributed by atoms with E-state index in [0.717, 1.165) is 11.4 Å². The minimum Gasteiger partial charge on any atom is -0.310 e. The Balaban J connectivity index is 1.05. The highest BCUT2D eigenvalue weighted by molar-refractivity contribution is 7.26. The SMILES string of the molecule is c1ccc2c(c1)sc1cc(-c3ccc(N(c4ccc(-c5cccc6sc7ccccc7c56)cc4)c4cccc5sc6ccccc6c45)cc3)ccc12. The zero-order valence-corrected chi connectivity index (χ0v) is 30.4. The number of hydrogen-bond acceptors (Lipinski definition) is 4.